The van der Waals surface area contributed by atoms with E-state index in [1.807, 2.05) is 4.98 Å². The molecule has 8 heteroatoms. The highest BCUT2D eigenvalue weighted by Crippen LogP contribution is 2.24. The lowest BCUT2D eigenvalue weighted by molar-refractivity contribution is -0.385. The predicted molar refractivity (Wildman–Crippen MR) is 73.5 cm³/mol. The van der Waals surface area contributed by atoms with Gasteiger partial charge in [0.25, 0.3) is 11.2 Å². The number of nitro benzene ring substituents is 1. The highest BCUT2D eigenvalue weighted by atomic mass is 16.6. The van der Waals surface area contributed by atoms with Crippen LogP contribution in [0.25, 0.3) is 5.69 Å². The van der Waals surface area contributed by atoms with Crippen LogP contribution >= 0.6 is 0 Å². The maximum Gasteiger partial charge on any atom is 0.332 e. The van der Waals surface area contributed by atoms with E-state index in [9.17, 15) is 19.7 Å². The Balaban J connectivity index is 2.77. The van der Waals surface area contributed by atoms with Crippen LogP contribution in [0.5, 0.6) is 0 Å². The summed E-state index contributed by atoms with van der Waals surface area (Å²) in [6.45, 7) is 3.15. The smallest absolute Gasteiger partial charge is 0.273 e. The fraction of sp³-hybridized carbons (Fsp3) is 0.154. The van der Waals surface area contributed by atoms with Crippen LogP contribution in [-0.2, 0) is 0 Å². The van der Waals surface area contributed by atoms with Crippen LogP contribution in [0.1, 0.15) is 16.7 Å². The van der Waals surface area contributed by atoms with Gasteiger partial charge < -0.3 is 0 Å². The molecule has 0 saturated carbocycles. The molecule has 2 rings (SSSR count). The number of H-pyrrole nitrogens is 1. The zero-order valence-corrected chi connectivity index (χ0v) is 11.2. The molecule has 21 heavy (non-hydrogen) atoms. The summed E-state index contributed by atoms with van der Waals surface area (Å²) in [6, 6.07) is 4.49. The second-order valence-corrected chi connectivity index (χ2v) is 4.47. The van der Waals surface area contributed by atoms with Crippen LogP contribution in [0.2, 0.25) is 0 Å². The summed E-state index contributed by atoms with van der Waals surface area (Å²) < 4.78 is 1.09. The van der Waals surface area contributed by atoms with E-state index in [2.05, 4.69) is 0 Å². The number of nitro groups is 1. The molecule has 1 aromatic heterocycles. The van der Waals surface area contributed by atoms with Gasteiger partial charge in [-0.3, -0.25) is 24.5 Å². The van der Waals surface area contributed by atoms with Gasteiger partial charge in [0.15, 0.2) is 0 Å². The summed E-state index contributed by atoms with van der Waals surface area (Å²) in [5.74, 6) is 0. The molecule has 1 N–H and O–H groups in total. The topological polar surface area (TPSA) is 122 Å². The molecule has 0 fully saturated rings. The lowest BCUT2D eigenvalue weighted by Gasteiger charge is -2.10. The van der Waals surface area contributed by atoms with E-state index < -0.39 is 16.2 Å². The van der Waals surface area contributed by atoms with Gasteiger partial charge >= 0.3 is 5.69 Å². The second kappa shape index (κ2) is 5.05. The van der Waals surface area contributed by atoms with Crippen molar-refractivity contribution in [1.29, 1.82) is 5.26 Å². The van der Waals surface area contributed by atoms with Crippen molar-refractivity contribution in [1.82, 2.24) is 9.55 Å². The molecule has 0 bridgehead atoms. The van der Waals surface area contributed by atoms with Crippen LogP contribution in [0.3, 0.4) is 0 Å². The number of rotatable bonds is 2. The molecule has 0 aliphatic rings. The molecule has 1 aromatic carbocycles. The molecule has 0 unspecified atom stereocenters. The summed E-state index contributed by atoms with van der Waals surface area (Å²) >= 11 is 0. The first kappa shape index (κ1) is 14.2. The number of benzene rings is 1. The highest BCUT2D eigenvalue weighted by molar-refractivity contribution is 5.53. The number of hydrogen-bond donors (Lipinski definition) is 1. The molecule has 0 saturated heterocycles. The van der Waals surface area contributed by atoms with E-state index in [0.717, 1.165) is 10.8 Å². The molecule has 8 nitrogen and oxygen atoms in total. The molecule has 2 aromatic rings. The minimum atomic E-state index is -0.768. The summed E-state index contributed by atoms with van der Waals surface area (Å²) in [6.07, 6.45) is 1.12. The monoisotopic (exact) mass is 286 g/mol. The van der Waals surface area contributed by atoms with E-state index in [0.29, 0.717) is 16.8 Å². The molecule has 0 atom stereocenters. The number of aromatic nitrogens is 2. The van der Waals surface area contributed by atoms with Gasteiger partial charge in [0.05, 0.1) is 10.6 Å². The first-order valence-electron chi connectivity index (χ1n) is 5.87. The van der Waals surface area contributed by atoms with Crippen LogP contribution in [0.15, 0.2) is 27.9 Å². The van der Waals surface area contributed by atoms with Crippen molar-refractivity contribution in [2.24, 2.45) is 0 Å². The normalized spacial score (nSPS) is 10.1. The Morgan fingerprint density at radius 3 is 2.52 bits per heavy atom. The average Bonchev–Trinajstić information content (AvgIpc) is 2.41. The Hall–Kier alpha value is -3.21. The third-order valence-corrected chi connectivity index (χ3v) is 3.03. The van der Waals surface area contributed by atoms with Gasteiger partial charge in [0, 0.05) is 17.8 Å². The molecule has 0 amide bonds. The van der Waals surface area contributed by atoms with Crippen LogP contribution in [-0.4, -0.2) is 14.5 Å². The summed E-state index contributed by atoms with van der Waals surface area (Å²) in [5, 5.41) is 19.7. The van der Waals surface area contributed by atoms with E-state index in [4.69, 9.17) is 5.26 Å². The highest BCUT2D eigenvalue weighted by Gasteiger charge is 2.15. The number of nitrogens with zero attached hydrogens (tertiary/aromatic N) is 3. The standard InChI is InChI=1S/C13H10N4O4/c1-7-4-11(17(20)21)8(2)3-10(7)16-6-9(5-14)12(18)15-13(16)19/h3-4,6H,1-2H3,(H,15,18,19). The second-order valence-electron chi connectivity index (χ2n) is 4.47. The van der Waals surface area contributed by atoms with Crippen molar-refractivity contribution in [3.63, 3.8) is 0 Å². The number of aryl methyl sites for hydroxylation is 2. The van der Waals surface area contributed by atoms with Gasteiger partial charge in [-0.2, -0.15) is 5.26 Å². The van der Waals surface area contributed by atoms with Crippen molar-refractivity contribution in [3.05, 3.63) is 66.0 Å². The van der Waals surface area contributed by atoms with Gasteiger partial charge in [0.2, 0.25) is 0 Å². The molecule has 0 aliphatic heterocycles. The van der Waals surface area contributed by atoms with E-state index >= 15 is 0 Å². The fourth-order valence-electron chi connectivity index (χ4n) is 1.97. The van der Waals surface area contributed by atoms with Crippen molar-refractivity contribution >= 4 is 5.69 Å². The lowest BCUT2D eigenvalue weighted by Crippen LogP contribution is -2.30. The van der Waals surface area contributed by atoms with Gasteiger partial charge in [-0.25, -0.2) is 4.79 Å². The SMILES string of the molecule is Cc1cc([N+](=O)[O-])c(C)cc1-n1cc(C#N)c(=O)[nH]c1=O. The van der Waals surface area contributed by atoms with E-state index in [1.165, 1.54) is 12.1 Å². The van der Waals surface area contributed by atoms with Gasteiger partial charge in [-0.15, -0.1) is 0 Å². The van der Waals surface area contributed by atoms with Crippen molar-refractivity contribution in [2.45, 2.75) is 13.8 Å². The van der Waals surface area contributed by atoms with Crippen LogP contribution in [0, 0.1) is 35.3 Å². The average molecular weight is 286 g/mol. The third kappa shape index (κ3) is 2.44. The quantitative estimate of drug-likeness (QED) is 0.649. The molecule has 0 aliphatic carbocycles. The molecule has 0 spiro atoms. The first-order valence-corrected chi connectivity index (χ1v) is 5.87. The number of nitrogens with one attached hydrogen (secondary N) is 1. The number of aromatic amines is 1. The first-order chi connectivity index (χ1) is 9.85. The predicted octanol–water partition coefficient (Wildman–Crippen LogP) is 0.923. The fourth-order valence-corrected chi connectivity index (χ4v) is 1.97. The Morgan fingerprint density at radius 1 is 1.29 bits per heavy atom. The molecule has 1 heterocycles. The van der Waals surface area contributed by atoms with Crippen LogP contribution in [0.4, 0.5) is 5.69 Å². The minimum absolute atomic E-state index is 0.0609. The Labute approximate surface area is 118 Å². The number of hydrogen-bond acceptors (Lipinski definition) is 5. The molecule has 0 radical (unpaired) electrons. The Morgan fingerprint density at radius 2 is 1.95 bits per heavy atom. The van der Waals surface area contributed by atoms with E-state index in [-0.39, 0.29) is 11.3 Å². The van der Waals surface area contributed by atoms with Gasteiger partial charge in [0.1, 0.15) is 11.6 Å². The Kier molecular flexibility index (Phi) is 3.42. The summed E-state index contributed by atoms with van der Waals surface area (Å²) in [4.78, 5) is 35.6. The zero-order valence-electron chi connectivity index (χ0n) is 11.2. The molecular formula is C13H10N4O4. The summed E-state index contributed by atoms with van der Waals surface area (Å²) in [5.41, 5.74) is -0.539. The Bertz CT molecular complexity index is 902. The maximum absolute atomic E-state index is 11.9. The third-order valence-electron chi connectivity index (χ3n) is 3.03. The molecule has 106 valence electrons. The zero-order chi connectivity index (χ0) is 15.7. The number of nitriles is 1. The summed E-state index contributed by atoms with van der Waals surface area (Å²) in [7, 11) is 0. The van der Waals surface area contributed by atoms with Crippen molar-refractivity contribution in [2.75, 3.05) is 0 Å². The van der Waals surface area contributed by atoms with Gasteiger partial charge in [-0.05, 0) is 25.5 Å². The maximum atomic E-state index is 11.9. The van der Waals surface area contributed by atoms with E-state index in [1.54, 1.807) is 19.9 Å². The lowest BCUT2D eigenvalue weighted by atomic mass is 10.1. The largest absolute Gasteiger partial charge is 0.332 e. The van der Waals surface area contributed by atoms with Crippen LogP contribution < -0.4 is 11.2 Å². The van der Waals surface area contributed by atoms with Gasteiger partial charge in [-0.1, -0.05) is 0 Å². The minimum Gasteiger partial charge on any atom is -0.273 e. The molecular weight excluding hydrogens is 276 g/mol. The van der Waals surface area contributed by atoms with Crippen molar-refractivity contribution in [3.8, 4) is 11.8 Å². The van der Waals surface area contributed by atoms with Crippen molar-refractivity contribution < 1.29 is 4.92 Å².